The maximum atomic E-state index is 12.0. The topological polar surface area (TPSA) is 55.1 Å². The lowest BCUT2D eigenvalue weighted by atomic mass is 10.1. The molecule has 2 aromatic rings. The van der Waals surface area contributed by atoms with Gasteiger partial charge in [0.1, 0.15) is 0 Å². The number of carbonyl (C=O) groups excluding carboxylic acids is 1. The number of anilines is 1. The first-order valence-electron chi connectivity index (χ1n) is 5.44. The molecule has 2 rings (SSSR count). The van der Waals surface area contributed by atoms with E-state index in [9.17, 15) is 4.79 Å². The van der Waals surface area contributed by atoms with E-state index in [1.165, 1.54) is 0 Å². The first kappa shape index (κ1) is 13.1. The second-order valence-electron chi connectivity index (χ2n) is 4.02. The lowest BCUT2D eigenvalue weighted by Gasteiger charge is -2.06. The fraction of sp³-hybridized carbons (Fsp3) is 0.154. The molecule has 0 saturated carbocycles. The molecular formula is C13H13BrN2OS. The highest BCUT2D eigenvalue weighted by atomic mass is 79.9. The molecule has 0 fully saturated rings. The summed E-state index contributed by atoms with van der Waals surface area (Å²) < 4.78 is 1.06. The van der Waals surface area contributed by atoms with Crippen molar-refractivity contribution in [2.24, 2.45) is 0 Å². The normalized spacial score (nSPS) is 10.3. The van der Waals surface area contributed by atoms with Crippen LogP contribution in [0.3, 0.4) is 0 Å². The largest absolute Gasteiger partial charge is 0.399 e. The van der Waals surface area contributed by atoms with Gasteiger partial charge < -0.3 is 11.1 Å². The van der Waals surface area contributed by atoms with E-state index in [0.29, 0.717) is 17.8 Å². The first-order valence-corrected chi connectivity index (χ1v) is 7.05. The van der Waals surface area contributed by atoms with Crippen LogP contribution in [-0.4, -0.2) is 5.91 Å². The highest BCUT2D eigenvalue weighted by Gasteiger charge is 2.07. The number of hydrogen-bond acceptors (Lipinski definition) is 3. The number of halogens is 1. The van der Waals surface area contributed by atoms with Crippen molar-refractivity contribution in [2.75, 3.05) is 5.73 Å². The van der Waals surface area contributed by atoms with Gasteiger partial charge in [-0.25, -0.2) is 0 Å². The Balaban J connectivity index is 2.03. The van der Waals surface area contributed by atoms with Crippen LogP contribution in [0.5, 0.6) is 0 Å². The Morgan fingerprint density at radius 2 is 2.17 bits per heavy atom. The number of thiophene rings is 1. The van der Waals surface area contributed by atoms with Gasteiger partial charge in [-0.05, 0) is 58.7 Å². The van der Waals surface area contributed by atoms with Gasteiger partial charge in [-0.1, -0.05) is 0 Å². The van der Waals surface area contributed by atoms with Crippen LogP contribution in [0.1, 0.15) is 20.8 Å². The van der Waals surface area contributed by atoms with E-state index < -0.39 is 0 Å². The highest BCUT2D eigenvalue weighted by Crippen LogP contribution is 2.21. The Morgan fingerprint density at radius 3 is 2.78 bits per heavy atom. The van der Waals surface area contributed by atoms with Gasteiger partial charge in [0, 0.05) is 16.1 Å². The molecule has 0 aliphatic carbocycles. The lowest BCUT2D eigenvalue weighted by molar-refractivity contribution is 0.0951. The molecule has 0 spiro atoms. The molecule has 94 valence electrons. The van der Waals surface area contributed by atoms with Gasteiger partial charge in [0.2, 0.25) is 0 Å². The summed E-state index contributed by atoms with van der Waals surface area (Å²) in [6.07, 6.45) is 0. The minimum Gasteiger partial charge on any atom is -0.399 e. The van der Waals surface area contributed by atoms with Gasteiger partial charge in [-0.15, -0.1) is 11.3 Å². The van der Waals surface area contributed by atoms with Gasteiger partial charge in [0.25, 0.3) is 5.91 Å². The maximum Gasteiger partial charge on any atom is 0.251 e. The maximum absolute atomic E-state index is 12.0. The quantitative estimate of drug-likeness (QED) is 0.851. The average molecular weight is 325 g/mol. The number of nitrogens with two attached hydrogens (primary N) is 1. The van der Waals surface area contributed by atoms with Crippen LogP contribution < -0.4 is 11.1 Å². The molecule has 5 heteroatoms. The molecule has 1 aromatic heterocycles. The van der Waals surface area contributed by atoms with Crippen molar-refractivity contribution in [2.45, 2.75) is 13.5 Å². The van der Waals surface area contributed by atoms with Gasteiger partial charge in [0.05, 0.1) is 10.3 Å². The van der Waals surface area contributed by atoms with E-state index >= 15 is 0 Å². The Hall–Kier alpha value is -1.33. The van der Waals surface area contributed by atoms with Gasteiger partial charge in [0.15, 0.2) is 0 Å². The van der Waals surface area contributed by atoms with Crippen LogP contribution in [0.25, 0.3) is 0 Å². The molecule has 1 amide bonds. The molecule has 0 bridgehead atoms. The Bertz CT molecular complexity index is 560. The summed E-state index contributed by atoms with van der Waals surface area (Å²) in [5, 5.41) is 2.88. The molecule has 1 heterocycles. The summed E-state index contributed by atoms with van der Waals surface area (Å²) >= 11 is 5.00. The fourth-order valence-electron chi connectivity index (χ4n) is 1.66. The van der Waals surface area contributed by atoms with E-state index in [-0.39, 0.29) is 5.91 Å². The van der Waals surface area contributed by atoms with E-state index in [2.05, 4.69) is 21.2 Å². The molecule has 0 unspecified atom stereocenters. The van der Waals surface area contributed by atoms with E-state index in [4.69, 9.17) is 5.73 Å². The molecule has 0 aliphatic rings. The summed E-state index contributed by atoms with van der Waals surface area (Å²) in [5.74, 6) is -0.102. The third-order valence-corrected chi connectivity index (χ3v) is 4.04. The SMILES string of the molecule is Cc1cc(N)cc(C(=O)NCc2ccc(Br)s2)c1. The monoisotopic (exact) mass is 324 g/mol. The molecule has 0 saturated heterocycles. The smallest absolute Gasteiger partial charge is 0.251 e. The van der Waals surface area contributed by atoms with Crippen molar-refractivity contribution < 1.29 is 4.79 Å². The van der Waals surface area contributed by atoms with E-state index in [1.807, 2.05) is 31.2 Å². The van der Waals surface area contributed by atoms with Crippen molar-refractivity contribution in [1.29, 1.82) is 0 Å². The standard InChI is InChI=1S/C13H13BrN2OS/c1-8-4-9(6-10(15)5-8)13(17)16-7-11-2-3-12(14)18-11/h2-6H,7,15H2,1H3,(H,16,17). The predicted octanol–water partition coefficient (Wildman–Crippen LogP) is 3.33. The third-order valence-electron chi connectivity index (χ3n) is 2.41. The van der Waals surface area contributed by atoms with Crippen molar-refractivity contribution in [3.63, 3.8) is 0 Å². The average Bonchev–Trinajstić information content (AvgIpc) is 2.70. The summed E-state index contributed by atoms with van der Waals surface area (Å²) in [6, 6.07) is 9.31. The summed E-state index contributed by atoms with van der Waals surface area (Å²) in [7, 11) is 0. The molecule has 3 nitrogen and oxygen atoms in total. The molecule has 0 radical (unpaired) electrons. The molecule has 0 atom stereocenters. The third kappa shape index (κ3) is 3.34. The fourth-order valence-corrected chi connectivity index (χ4v) is 3.08. The van der Waals surface area contributed by atoms with Crippen LogP contribution >= 0.6 is 27.3 Å². The zero-order valence-corrected chi connectivity index (χ0v) is 12.3. The molecule has 0 aliphatic heterocycles. The number of amides is 1. The molecule has 18 heavy (non-hydrogen) atoms. The molecular weight excluding hydrogens is 312 g/mol. The number of nitrogens with one attached hydrogen (secondary N) is 1. The van der Waals surface area contributed by atoms with Crippen LogP contribution in [0.4, 0.5) is 5.69 Å². The zero-order valence-electron chi connectivity index (χ0n) is 9.87. The van der Waals surface area contributed by atoms with Crippen LogP contribution in [-0.2, 0) is 6.54 Å². The Labute approximate surface area is 118 Å². The zero-order chi connectivity index (χ0) is 13.1. The highest BCUT2D eigenvalue weighted by molar-refractivity contribution is 9.11. The summed E-state index contributed by atoms with van der Waals surface area (Å²) in [5.41, 5.74) is 7.92. The summed E-state index contributed by atoms with van der Waals surface area (Å²) in [6.45, 7) is 2.45. The van der Waals surface area contributed by atoms with Gasteiger partial charge in [-0.2, -0.15) is 0 Å². The minimum atomic E-state index is -0.102. The second-order valence-corrected chi connectivity index (χ2v) is 6.57. The molecule has 1 aromatic carbocycles. The van der Waals surface area contributed by atoms with E-state index in [0.717, 1.165) is 14.2 Å². The van der Waals surface area contributed by atoms with Crippen LogP contribution in [0.2, 0.25) is 0 Å². The number of benzene rings is 1. The number of rotatable bonds is 3. The van der Waals surface area contributed by atoms with Crippen molar-refractivity contribution in [3.8, 4) is 0 Å². The van der Waals surface area contributed by atoms with Gasteiger partial charge >= 0.3 is 0 Å². The lowest BCUT2D eigenvalue weighted by Crippen LogP contribution is -2.22. The van der Waals surface area contributed by atoms with Crippen molar-refractivity contribution in [3.05, 3.63) is 50.1 Å². The summed E-state index contributed by atoms with van der Waals surface area (Å²) in [4.78, 5) is 13.1. The molecule has 3 N–H and O–H groups in total. The Kier molecular flexibility index (Phi) is 4.04. The van der Waals surface area contributed by atoms with Crippen molar-refractivity contribution in [1.82, 2.24) is 5.32 Å². The van der Waals surface area contributed by atoms with Crippen molar-refractivity contribution >= 4 is 38.9 Å². The Morgan fingerprint density at radius 1 is 1.39 bits per heavy atom. The number of carbonyl (C=O) groups is 1. The number of aryl methyl sites for hydroxylation is 1. The number of hydrogen-bond donors (Lipinski definition) is 2. The minimum absolute atomic E-state index is 0.102. The van der Waals surface area contributed by atoms with E-state index in [1.54, 1.807) is 17.4 Å². The second kappa shape index (κ2) is 5.54. The number of nitrogen functional groups attached to an aromatic ring is 1. The van der Waals surface area contributed by atoms with Crippen LogP contribution in [0.15, 0.2) is 34.1 Å². The first-order chi connectivity index (χ1) is 8.54. The van der Waals surface area contributed by atoms with Gasteiger partial charge in [-0.3, -0.25) is 4.79 Å². The predicted molar refractivity (Wildman–Crippen MR) is 78.8 cm³/mol. The van der Waals surface area contributed by atoms with Crippen LogP contribution in [0, 0.1) is 6.92 Å².